The third-order valence-electron chi connectivity index (χ3n) is 4.27. The molecule has 0 radical (unpaired) electrons. The molecule has 0 aliphatic carbocycles. The molecule has 1 aromatic rings. The Balaban J connectivity index is 0.00000132. The first-order chi connectivity index (χ1) is 9.53. The molecular weight excluding hydrogens is 382 g/mol. The minimum absolute atomic E-state index is 0. The van der Waals surface area contributed by atoms with Crippen LogP contribution in [0.3, 0.4) is 0 Å². The van der Waals surface area contributed by atoms with Crippen molar-refractivity contribution in [2.45, 2.75) is 6.54 Å². The van der Waals surface area contributed by atoms with Crippen molar-refractivity contribution < 1.29 is 25.9 Å². The third kappa shape index (κ3) is 2.83. The maximum Gasteiger partial charge on any atom is 0.150 e. The zero-order valence-electron chi connectivity index (χ0n) is 11.4. The smallest absolute Gasteiger partial charge is 0.150 e. The van der Waals surface area contributed by atoms with Crippen molar-refractivity contribution in [2.75, 3.05) is 40.0 Å². The monoisotopic (exact) mass is 396 g/mol. The van der Waals surface area contributed by atoms with E-state index in [1.54, 1.807) is 6.07 Å². The molecule has 0 aromatic heterocycles. The highest BCUT2D eigenvalue weighted by atomic mass is 79.9. The summed E-state index contributed by atoms with van der Waals surface area (Å²) in [5, 5.41) is 0.614. The van der Waals surface area contributed by atoms with Crippen LogP contribution in [0.1, 0.15) is 5.56 Å². The minimum atomic E-state index is -0.329. The number of hydrogen-bond acceptors (Lipinski definition) is 3. The molecule has 4 fully saturated rings. The van der Waals surface area contributed by atoms with E-state index in [0.29, 0.717) is 17.1 Å². The summed E-state index contributed by atoms with van der Waals surface area (Å²) < 4.78 is 15.1. The third-order valence-corrected chi connectivity index (χ3v) is 4.77. The fraction of sp³-hybridized carbons (Fsp3) is 0.538. The molecule has 0 atom stereocenters. The van der Waals surface area contributed by atoms with Crippen LogP contribution in [-0.4, -0.2) is 59.2 Å². The first kappa shape index (κ1) is 15.9. The molecule has 21 heavy (non-hydrogen) atoms. The summed E-state index contributed by atoms with van der Waals surface area (Å²) in [5.74, 6) is -0.329. The molecular formula is C13H16BrCl2FN4. The quantitative estimate of drug-likeness (QED) is 0.475. The van der Waals surface area contributed by atoms with Crippen molar-refractivity contribution in [3.63, 3.8) is 0 Å². The van der Waals surface area contributed by atoms with Crippen molar-refractivity contribution in [3.05, 3.63) is 33.6 Å². The van der Waals surface area contributed by atoms with Crippen LogP contribution in [0.25, 0.3) is 0 Å². The first-order valence-corrected chi connectivity index (χ1v) is 7.44. The van der Waals surface area contributed by atoms with Crippen LogP contribution in [-0.2, 0) is 6.54 Å². The van der Waals surface area contributed by atoms with Gasteiger partial charge in [-0.1, -0.05) is 23.2 Å². The zero-order chi connectivity index (χ0) is 13.9. The molecule has 4 nitrogen and oxygen atoms in total. The van der Waals surface area contributed by atoms with Crippen molar-refractivity contribution in [1.29, 1.82) is 0 Å². The van der Waals surface area contributed by atoms with Gasteiger partial charge in [0.15, 0.2) is 5.82 Å². The molecule has 116 valence electrons. The van der Waals surface area contributed by atoms with Crippen LogP contribution in [0.15, 0.2) is 12.1 Å². The van der Waals surface area contributed by atoms with Gasteiger partial charge in [-0.15, -0.1) is 0 Å². The van der Waals surface area contributed by atoms with Gasteiger partial charge in [0.2, 0.25) is 0 Å². The Morgan fingerprint density at radius 2 is 1.52 bits per heavy atom. The Morgan fingerprint density at radius 1 is 1.00 bits per heavy atom. The summed E-state index contributed by atoms with van der Waals surface area (Å²) in [6.07, 6.45) is 0. The molecule has 0 N–H and O–H groups in total. The number of quaternary nitrogens is 1. The van der Waals surface area contributed by atoms with Gasteiger partial charge in [0.1, 0.15) is 26.6 Å². The molecule has 4 heterocycles. The van der Waals surface area contributed by atoms with E-state index in [2.05, 4.69) is 14.7 Å². The van der Waals surface area contributed by atoms with Crippen LogP contribution in [0.5, 0.6) is 0 Å². The largest absolute Gasteiger partial charge is 1.00 e. The normalized spacial score (nSPS) is 36.6. The predicted molar refractivity (Wildman–Crippen MR) is 75.1 cm³/mol. The van der Waals surface area contributed by atoms with Crippen molar-refractivity contribution in [1.82, 2.24) is 14.7 Å². The highest BCUT2D eigenvalue weighted by molar-refractivity contribution is 6.34. The molecule has 0 amide bonds. The van der Waals surface area contributed by atoms with Gasteiger partial charge in [0.05, 0.1) is 25.0 Å². The second kappa shape index (κ2) is 5.60. The van der Waals surface area contributed by atoms with E-state index in [1.165, 1.54) is 6.07 Å². The summed E-state index contributed by atoms with van der Waals surface area (Å²) in [4.78, 5) is 7.21. The molecule has 4 aliphatic heterocycles. The molecule has 0 saturated carbocycles. The number of nitrogens with zero attached hydrogens (tertiary/aromatic N) is 4. The highest BCUT2D eigenvalue weighted by Crippen LogP contribution is 2.33. The minimum Gasteiger partial charge on any atom is -1.00 e. The van der Waals surface area contributed by atoms with Crippen LogP contribution < -0.4 is 17.0 Å². The molecule has 0 unspecified atom stereocenters. The SMILES string of the molecule is Fc1c(Cl)cc(Cl)cc1C[N+]12CN3CN(CN(C3)C1)C2.[Br-]. The Bertz CT molecular complexity index is 536. The number of rotatable bonds is 2. The first-order valence-electron chi connectivity index (χ1n) is 6.69. The van der Waals surface area contributed by atoms with Gasteiger partial charge in [-0.2, -0.15) is 0 Å². The number of halogens is 4. The number of hydrogen-bond donors (Lipinski definition) is 0. The van der Waals surface area contributed by atoms with Gasteiger partial charge >= 0.3 is 0 Å². The van der Waals surface area contributed by atoms with Crippen LogP contribution in [0, 0.1) is 5.82 Å². The Kier molecular flexibility index (Phi) is 4.25. The summed E-state index contributed by atoms with van der Waals surface area (Å²) in [7, 11) is 0. The molecule has 4 saturated heterocycles. The van der Waals surface area contributed by atoms with Gasteiger partial charge in [-0.3, -0.25) is 4.48 Å². The van der Waals surface area contributed by atoms with Crippen LogP contribution >= 0.6 is 23.2 Å². The maximum absolute atomic E-state index is 14.2. The molecule has 4 aliphatic rings. The van der Waals surface area contributed by atoms with Gasteiger partial charge in [0, 0.05) is 10.6 Å². The summed E-state index contributed by atoms with van der Waals surface area (Å²) in [6.45, 7) is 6.61. The molecule has 1 aromatic carbocycles. The molecule has 0 spiro atoms. The van der Waals surface area contributed by atoms with E-state index in [9.17, 15) is 4.39 Å². The summed E-state index contributed by atoms with van der Waals surface area (Å²) >= 11 is 11.9. The summed E-state index contributed by atoms with van der Waals surface area (Å²) in [6, 6.07) is 3.17. The standard InChI is InChI=1S/C13H16Cl2FN4.BrH/c14-11-1-10(13(16)12(15)2-11)3-20-7-17-4-18(8-20)6-19(5-17)9-20;/h1-2H,3-9H2;1H/q+1;/p-1. The van der Waals surface area contributed by atoms with E-state index < -0.39 is 0 Å². The van der Waals surface area contributed by atoms with Crippen molar-refractivity contribution in [2.24, 2.45) is 0 Å². The van der Waals surface area contributed by atoms with Crippen LogP contribution in [0.4, 0.5) is 4.39 Å². The van der Waals surface area contributed by atoms with Crippen molar-refractivity contribution >= 4 is 23.2 Å². The maximum atomic E-state index is 14.2. The topological polar surface area (TPSA) is 9.72 Å². The van der Waals surface area contributed by atoms with Gasteiger partial charge in [-0.05, 0) is 12.1 Å². The van der Waals surface area contributed by atoms with Gasteiger partial charge < -0.3 is 17.0 Å². The van der Waals surface area contributed by atoms with E-state index in [1.807, 2.05) is 0 Å². The second-order valence-corrected chi connectivity index (χ2v) is 7.07. The zero-order valence-corrected chi connectivity index (χ0v) is 14.5. The van der Waals surface area contributed by atoms with E-state index >= 15 is 0 Å². The fourth-order valence-electron chi connectivity index (χ4n) is 3.89. The van der Waals surface area contributed by atoms with E-state index in [0.717, 1.165) is 44.5 Å². The van der Waals surface area contributed by atoms with Crippen molar-refractivity contribution in [3.8, 4) is 0 Å². The lowest BCUT2D eigenvalue weighted by atomic mass is 10.1. The summed E-state index contributed by atoms with van der Waals surface area (Å²) in [5.41, 5.74) is 0.619. The molecule has 4 bridgehead atoms. The number of benzene rings is 1. The van der Waals surface area contributed by atoms with E-state index in [4.69, 9.17) is 23.2 Å². The molecule has 8 heteroatoms. The second-order valence-electron chi connectivity index (χ2n) is 6.22. The molecule has 5 rings (SSSR count). The average Bonchev–Trinajstić information content (AvgIpc) is 2.33. The highest BCUT2D eigenvalue weighted by Gasteiger charge is 2.48. The Labute approximate surface area is 144 Å². The lowest BCUT2D eigenvalue weighted by Crippen LogP contribution is -3.00. The van der Waals surface area contributed by atoms with E-state index in [-0.39, 0.29) is 27.8 Å². The van der Waals surface area contributed by atoms with Gasteiger partial charge in [-0.25, -0.2) is 19.1 Å². The Morgan fingerprint density at radius 3 is 2.05 bits per heavy atom. The lowest BCUT2D eigenvalue weighted by molar-refractivity contribution is -0.991. The average molecular weight is 398 g/mol. The van der Waals surface area contributed by atoms with Gasteiger partial charge in [0.25, 0.3) is 0 Å². The Hall–Kier alpha value is 0.0500. The fourth-order valence-corrected chi connectivity index (χ4v) is 4.43. The lowest BCUT2D eigenvalue weighted by Gasteiger charge is -2.60. The van der Waals surface area contributed by atoms with Crippen LogP contribution in [0.2, 0.25) is 10.0 Å². The predicted octanol–water partition coefficient (Wildman–Crippen LogP) is -0.855.